The number of nitrogens with one attached hydrogen (secondary N) is 2. The first kappa shape index (κ1) is 12.9. The third-order valence-electron chi connectivity index (χ3n) is 3.10. The first-order valence-corrected chi connectivity index (χ1v) is 6.71. The smallest absolute Gasteiger partial charge is 0.190 e. The van der Waals surface area contributed by atoms with Gasteiger partial charge >= 0.3 is 0 Å². The second kappa shape index (κ2) is 6.42. The number of rotatable bonds is 6. The molecule has 100 valence electrons. The minimum Gasteiger partial charge on any atom is -0.356 e. The van der Waals surface area contributed by atoms with Crippen LogP contribution in [0.5, 0.6) is 0 Å². The van der Waals surface area contributed by atoms with Crippen LogP contribution < -0.4 is 10.6 Å². The highest BCUT2D eigenvalue weighted by Crippen LogP contribution is 2.27. The molecule has 0 bridgehead atoms. The molecular formula is C13H23N5. The van der Waals surface area contributed by atoms with Crippen molar-refractivity contribution in [3.8, 4) is 0 Å². The highest BCUT2D eigenvalue weighted by atomic mass is 15.3. The molecule has 5 nitrogen and oxygen atoms in total. The van der Waals surface area contributed by atoms with E-state index in [-0.39, 0.29) is 0 Å². The van der Waals surface area contributed by atoms with E-state index in [9.17, 15) is 0 Å². The summed E-state index contributed by atoms with van der Waals surface area (Å²) in [5.41, 5.74) is 1.21. The molecule has 0 amide bonds. The van der Waals surface area contributed by atoms with Gasteiger partial charge in [-0.1, -0.05) is 0 Å². The maximum atomic E-state index is 4.26. The lowest BCUT2D eigenvalue weighted by Crippen LogP contribution is -2.38. The molecule has 0 atom stereocenters. The fraction of sp³-hybridized carbons (Fsp3) is 0.692. The van der Waals surface area contributed by atoms with Crippen LogP contribution in [0.25, 0.3) is 0 Å². The van der Waals surface area contributed by atoms with Gasteiger partial charge in [-0.3, -0.25) is 9.67 Å². The SMILES string of the molecule is CN=C(NCCCn1cc(C)cn1)NCC1CC1. The maximum absolute atomic E-state index is 4.26. The van der Waals surface area contributed by atoms with Crippen LogP contribution >= 0.6 is 0 Å². The van der Waals surface area contributed by atoms with E-state index in [0.717, 1.165) is 37.9 Å². The van der Waals surface area contributed by atoms with Crippen molar-refractivity contribution in [2.24, 2.45) is 10.9 Å². The van der Waals surface area contributed by atoms with Gasteiger partial charge in [0.2, 0.25) is 0 Å². The van der Waals surface area contributed by atoms with Gasteiger partial charge in [0.1, 0.15) is 0 Å². The molecule has 2 rings (SSSR count). The van der Waals surface area contributed by atoms with Crippen LogP contribution in [0, 0.1) is 12.8 Å². The highest BCUT2D eigenvalue weighted by molar-refractivity contribution is 5.79. The highest BCUT2D eigenvalue weighted by Gasteiger charge is 2.20. The fourth-order valence-electron chi connectivity index (χ4n) is 1.82. The van der Waals surface area contributed by atoms with Gasteiger partial charge in [0, 0.05) is 32.9 Å². The first-order chi connectivity index (χ1) is 8.78. The normalized spacial score (nSPS) is 15.8. The summed E-state index contributed by atoms with van der Waals surface area (Å²) >= 11 is 0. The van der Waals surface area contributed by atoms with Gasteiger partial charge in [-0.2, -0.15) is 5.10 Å². The van der Waals surface area contributed by atoms with Gasteiger partial charge < -0.3 is 10.6 Å². The number of guanidine groups is 1. The third kappa shape index (κ3) is 4.39. The number of aliphatic imine (C=N–C) groups is 1. The van der Waals surface area contributed by atoms with Gasteiger partial charge in [0.05, 0.1) is 6.20 Å². The van der Waals surface area contributed by atoms with Gasteiger partial charge in [0.25, 0.3) is 0 Å². The van der Waals surface area contributed by atoms with Gasteiger partial charge in [-0.05, 0) is 37.7 Å². The third-order valence-corrected chi connectivity index (χ3v) is 3.10. The number of aromatic nitrogens is 2. The Labute approximate surface area is 109 Å². The number of nitrogens with zero attached hydrogens (tertiary/aromatic N) is 3. The Morgan fingerprint density at radius 3 is 2.94 bits per heavy atom. The zero-order valence-electron chi connectivity index (χ0n) is 11.3. The summed E-state index contributed by atoms with van der Waals surface area (Å²) in [5.74, 6) is 1.79. The van der Waals surface area contributed by atoms with Crippen molar-refractivity contribution in [2.45, 2.75) is 32.7 Å². The van der Waals surface area contributed by atoms with Crippen LogP contribution in [0.1, 0.15) is 24.8 Å². The minimum atomic E-state index is 0.871. The summed E-state index contributed by atoms with van der Waals surface area (Å²) in [5, 5.41) is 10.9. The van der Waals surface area contributed by atoms with E-state index in [1.165, 1.54) is 18.4 Å². The molecule has 0 aliphatic heterocycles. The molecule has 1 aromatic heterocycles. The summed E-state index contributed by atoms with van der Waals surface area (Å²) in [6.45, 7) is 4.98. The predicted octanol–water partition coefficient (Wildman–Crippen LogP) is 1.16. The summed E-state index contributed by atoms with van der Waals surface area (Å²) in [6.07, 6.45) is 7.74. The van der Waals surface area contributed by atoms with Crippen LogP contribution in [0.2, 0.25) is 0 Å². The van der Waals surface area contributed by atoms with E-state index < -0.39 is 0 Å². The molecule has 1 aromatic rings. The Balaban J connectivity index is 1.58. The fourth-order valence-corrected chi connectivity index (χ4v) is 1.82. The average molecular weight is 249 g/mol. The molecule has 1 saturated carbocycles. The molecule has 0 aromatic carbocycles. The molecule has 18 heavy (non-hydrogen) atoms. The standard InChI is InChI=1S/C13H23N5/c1-11-8-17-18(10-11)7-3-6-15-13(14-2)16-9-12-4-5-12/h8,10,12H,3-7,9H2,1-2H3,(H2,14,15,16). The van der Waals surface area contributed by atoms with Gasteiger partial charge in [0.15, 0.2) is 5.96 Å². The molecule has 0 saturated heterocycles. The lowest BCUT2D eigenvalue weighted by Gasteiger charge is -2.11. The predicted molar refractivity (Wildman–Crippen MR) is 73.7 cm³/mol. The molecule has 5 heteroatoms. The maximum Gasteiger partial charge on any atom is 0.190 e. The average Bonchev–Trinajstić information content (AvgIpc) is 3.11. The molecule has 1 heterocycles. The summed E-state index contributed by atoms with van der Waals surface area (Å²) < 4.78 is 1.98. The van der Waals surface area contributed by atoms with E-state index in [2.05, 4.69) is 33.8 Å². The van der Waals surface area contributed by atoms with Crippen molar-refractivity contribution in [1.82, 2.24) is 20.4 Å². The van der Waals surface area contributed by atoms with Crippen molar-refractivity contribution in [3.63, 3.8) is 0 Å². The molecule has 2 N–H and O–H groups in total. The van der Waals surface area contributed by atoms with Crippen LogP contribution in [-0.4, -0.2) is 35.9 Å². The summed E-state index contributed by atoms with van der Waals surface area (Å²) in [6, 6.07) is 0. The van der Waals surface area contributed by atoms with E-state index >= 15 is 0 Å². The van der Waals surface area contributed by atoms with Crippen LogP contribution in [0.3, 0.4) is 0 Å². The quantitative estimate of drug-likeness (QED) is 0.452. The Morgan fingerprint density at radius 1 is 1.50 bits per heavy atom. The first-order valence-electron chi connectivity index (χ1n) is 6.71. The molecule has 0 spiro atoms. The monoisotopic (exact) mass is 249 g/mol. The van der Waals surface area contributed by atoms with Crippen LogP contribution in [0.15, 0.2) is 17.4 Å². The zero-order chi connectivity index (χ0) is 12.8. The molecular weight excluding hydrogens is 226 g/mol. The molecule has 1 fully saturated rings. The summed E-state index contributed by atoms with van der Waals surface area (Å²) in [7, 11) is 1.82. The number of hydrogen-bond donors (Lipinski definition) is 2. The summed E-state index contributed by atoms with van der Waals surface area (Å²) in [4.78, 5) is 4.21. The molecule has 1 aliphatic rings. The van der Waals surface area contributed by atoms with E-state index in [0.29, 0.717) is 0 Å². The lowest BCUT2D eigenvalue weighted by atomic mass is 10.4. The van der Waals surface area contributed by atoms with Crippen molar-refractivity contribution in [2.75, 3.05) is 20.1 Å². The van der Waals surface area contributed by atoms with Crippen molar-refractivity contribution in [1.29, 1.82) is 0 Å². The van der Waals surface area contributed by atoms with E-state index in [4.69, 9.17) is 0 Å². The van der Waals surface area contributed by atoms with Crippen molar-refractivity contribution in [3.05, 3.63) is 18.0 Å². The van der Waals surface area contributed by atoms with Crippen LogP contribution in [0.4, 0.5) is 0 Å². The topological polar surface area (TPSA) is 54.2 Å². The van der Waals surface area contributed by atoms with Crippen molar-refractivity contribution < 1.29 is 0 Å². The Kier molecular flexibility index (Phi) is 4.61. The van der Waals surface area contributed by atoms with Gasteiger partial charge in [-0.25, -0.2) is 0 Å². The Morgan fingerprint density at radius 2 is 2.33 bits per heavy atom. The van der Waals surface area contributed by atoms with Crippen molar-refractivity contribution >= 4 is 5.96 Å². The largest absolute Gasteiger partial charge is 0.356 e. The lowest BCUT2D eigenvalue weighted by molar-refractivity contribution is 0.569. The van der Waals surface area contributed by atoms with E-state index in [1.807, 2.05) is 17.9 Å². The zero-order valence-corrected chi connectivity index (χ0v) is 11.3. The second-order valence-corrected chi connectivity index (χ2v) is 4.96. The second-order valence-electron chi connectivity index (χ2n) is 4.96. The minimum absolute atomic E-state index is 0.871. The Hall–Kier alpha value is -1.52. The van der Waals surface area contributed by atoms with Gasteiger partial charge in [-0.15, -0.1) is 0 Å². The van der Waals surface area contributed by atoms with E-state index in [1.54, 1.807) is 0 Å². The molecule has 1 aliphatic carbocycles. The van der Waals surface area contributed by atoms with Crippen LogP contribution in [-0.2, 0) is 6.54 Å². The number of hydrogen-bond acceptors (Lipinski definition) is 2. The Bertz CT molecular complexity index is 392. The molecule has 0 radical (unpaired) electrons. The molecule has 0 unspecified atom stereocenters. The number of aryl methyl sites for hydroxylation is 2.